The average molecular weight is 478 g/mol. The minimum Gasteiger partial charge on any atom is -0.444 e. The Kier molecular flexibility index (Phi) is 9.47. The molecule has 0 aliphatic carbocycles. The molecular formula is C28H35N3O4. The molecule has 0 aliphatic rings. The van der Waals surface area contributed by atoms with E-state index in [1.807, 2.05) is 45.0 Å². The van der Waals surface area contributed by atoms with Gasteiger partial charge < -0.3 is 15.4 Å². The Bertz CT molecular complexity index is 1070. The van der Waals surface area contributed by atoms with E-state index >= 15 is 0 Å². The molecule has 0 heterocycles. The minimum absolute atomic E-state index is 0.0643. The molecule has 2 rings (SSSR count). The topological polar surface area (TPSA) is 87.7 Å². The van der Waals surface area contributed by atoms with Gasteiger partial charge in [-0.05, 0) is 57.2 Å². The molecule has 0 radical (unpaired) electrons. The number of alkyl carbamates (subject to hydrolysis) is 1. The quantitative estimate of drug-likeness (QED) is 0.412. The fraction of sp³-hybridized carbons (Fsp3) is 0.393. The van der Waals surface area contributed by atoms with Crippen LogP contribution in [-0.2, 0) is 14.3 Å². The number of terminal acetylenes is 1. The van der Waals surface area contributed by atoms with E-state index in [1.165, 1.54) is 0 Å². The maximum absolute atomic E-state index is 13.7. The first kappa shape index (κ1) is 27.5. The van der Waals surface area contributed by atoms with E-state index in [2.05, 4.69) is 16.7 Å². The normalized spacial score (nSPS) is 12.7. The summed E-state index contributed by atoms with van der Waals surface area (Å²) in [5.74, 6) is -0.965. The van der Waals surface area contributed by atoms with Crippen molar-refractivity contribution in [1.82, 2.24) is 10.2 Å². The van der Waals surface area contributed by atoms with Gasteiger partial charge in [0.05, 0.1) is 0 Å². The van der Waals surface area contributed by atoms with Crippen LogP contribution in [0.2, 0.25) is 0 Å². The van der Waals surface area contributed by atoms with Gasteiger partial charge in [-0.1, -0.05) is 68.8 Å². The molecule has 7 nitrogen and oxygen atoms in total. The molecule has 0 saturated heterocycles. The summed E-state index contributed by atoms with van der Waals surface area (Å²) in [4.78, 5) is 40.7. The Hall–Kier alpha value is -3.79. The third-order valence-electron chi connectivity index (χ3n) is 5.10. The monoisotopic (exact) mass is 477 g/mol. The van der Waals surface area contributed by atoms with Gasteiger partial charge >= 0.3 is 6.09 Å². The predicted molar refractivity (Wildman–Crippen MR) is 137 cm³/mol. The number of nitrogens with one attached hydrogen (secondary N) is 2. The summed E-state index contributed by atoms with van der Waals surface area (Å²) < 4.78 is 5.35. The SMILES string of the molecule is C#CN(C(=O)C(CC(C)C)NC(=O)OC(C)(C)C)C(C(=O)Nc1ccccc1C)c1ccccc1. The lowest BCUT2D eigenvalue weighted by atomic mass is 9.99. The standard InChI is InChI=1S/C28H35N3O4/c1-8-31(26(33)23(18-19(2)3)30-27(34)35-28(5,6)7)24(21-15-10-9-11-16-21)25(32)29-22-17-13-12-14-20(22)4/h1,9-17,19,23-24H,18H2,2-7H3,(H,29,32)(H,30,34). The van der Waals surface area contributed by atoms with Gasteiger partial charge in [0.1, 0.15) is 17.7 Å². The lowest BCUT2D eigenvalue weighted by Gasteiger charge is -2.31. The largest absolute Gasteiger partial charge is 0.444 e. The third-order valence-corrected chi connectivity index (χ3v) is 5.10. The number of rotatable bonds is 8. The van der Waals surface area contributed by atoms with Crippen LogP contribution in [0.5, 0.6) is 0 Å². The number of benzene rings is 2. The van der Waals surface area contributed by atoms with Crippen molar-refractivity contribution in [3.05, 3.63) is 65.7 Å². The predicted octanol–water partition coefficient (Wildman–Crippen LogP) is 5.03. The second kappa shape index (κ2) is 12.1. The summed E-state index contributed by atoms with van der Waals surface area (Å²) in [5.41, 5.74) is 1.30. The molecule has 2 aromatic rings. The van der Waals surface area contributed by atoms with Gasteiger partial charge in [0.25, 0.3) is 11.8 Å². The van der Waals surface area contributed by atoms with Crippen molar-refractivity contribution in [2.24, 2.45) is 5.92 Å². The smallest absolute Gasteiger partial charge is 0.408 e. The number of hydrogen-bond donors (Lipinski definition) is 2. The Labute approximate surface area is 208 Å². The van der Waals surface area contributed by atoms with Crippen molar-refractivity contribution in [3.8, 4) is 12.5 Å². The van der Waals surface area contributed by atoms with Crippen LogP contribution in [0.3, 0.4) is 0 Å². The number of carbonyl (C=O) groups is 3. The molecule has 0 fully saturated rings. The van der Waals surface area contributed by atoms with E-state index in [4.69, 9.17) is 11.2 Å². The molecule has 2 unspecified atom stereocenters. The third kappa shape index (κ3) is 8.18. The summed E-state index contributed by atoms with van der Waals surface area (Å²) in [5, 5.41) is 5.53. The molecule has 186 valence electrons. The average Bonchev–Trinajstić information content (AvgIpc) is 2.77. The zero-order valence-corrected chi connectivity index (χ0v) is 21.3. The second-order valence-corrected chi connectivity index (χ2v) is 9.78. The molecule has 35 heavy (non-hydrogen) atoms. The van der Waals surface area contributed by atoms with Gasteiger partial charge in [-0.15, -0.1) is 0 Å². The van der Waals surface area contributed by atoms with Crippen molar-refractivity contribution < 1.29 is 19.1 Å². The number of carbonyl (C=O) groups excluding carboxylic acids is 3. The molecule has 0 saturated carbocycles. The highest BCUT2D eigenvalue weighted by Gasteiger charge is 2.36. The van der Waals surface area contributed by atoms with Crippen LogP contribution in [0.4, 0.5) is 10.5 Å². The molecular weight excluding hydrogens is 442 g/mol. The molecule has 7 heteroatoms. The first-order chi connectivity index (χ1) is 16.4. The zero-order valence-electron chi connectivity index (χ0n) is 21.3. The molecule has 0 aromatic heterocycles. The summed E-state index contributed by atoms with van der Waals surface area (Å²) in [7, 11) is 0. The fourth-order valence-electron chi connectivity index (χ4n) is 3.54. The molecule has 0 aliphatic heterocycles. The summed E-state index contributed by atoms with van der Waals surface area (Å²) in [6, 6.07) is 16.5. The van der Waals surface area contributed by atoms with Crippen LogP contribution in [0.25, 0.3) is 0 Å². The zero-order chi connectivity index (χ0) is 26.2. The molecule has 3 amide bonds. The van der Waals surface area contributed by atoms with E-state index < -0.39 is 35.6 Å². The van der Waals surface area contributed by atoms with Crippen LogP contribution < -0.4 is 10.6 Å². The lowest BCUT2D eigenvalue weighted by molar-refractivity contribution is -0.137. The first-order valence-electron chi connectivity index (χ1n) is 11.6. The van der Waals surface area contributed by atoms with Gasteiger partial charge in [0.15, 0.2) is 0 Å². The molecule has 2 aromatic carbocycles. The molecule has 0 bridgehead atoms. The number of nitrogens with zero attached hydrogens (tertiary/aromatic N) is 1. The molecule has 2 atom stereocenters. The van der Waals surface area contributed by atoms with Crippen LogP contribution in [0.1, 0.15) is 58.2 Å². The Morgan fingerprint density at radius 2 is 1.63 bits per heavy atom. The van der Waals surface area contributed by atoms with Crippen molar-refractivity contribution in [3.63, 3.8) is 0 Å². The Morgan fingerprint density at radius 1 is 1.03 bits per heavy atom. The summed E-state index contributed by atoms with van der Waals surface area (Å²) >= 11 is 0. The van der Waals surface area contributed by atoms with Crippen LogP contribution in [0.15, 0.2) is 54.6 Å². The van der Waals surface area contributed by atoms with Crippen LogP contribution in [-0.4, -0.2) is 34.5 Å². The Morgan fingerprint density at radius 3 is 2.17 bits per heavy atom. The van der Waals surface area contributed by atoms with Crippen molar-refractivity contribution in [1.29, 1.82) is 0 Å². The van der Waals surface area contributed by atoms with Crippen molar-refractivity contribution >= 4 is 23.6 Å². The number of aryl methyl sites for hydroxylation is 1. The number of hydrogen-bond acceptors (Lipinski definition) is 4. The van der Waals surface area contributed by atoms with E-state index in [1.54, 1.807) is 51.1 Å². The number of para-hydroxylation sites is 1. The van der Waals surface area contributed by atoms with E-state index in [-0.39, 0.29) is 5.92 Å². The van der Waals surface area contributed by atoms with Gasteiger partial charge in [-0.25, -0.2) is 4.79 Å². The second-order valence-electron chi connectivity index (χ2n) is 9.78. The van der Waals surface area contributed by atoms with Crippen LogP contribution in [0, 0.1) is 25.3 Å². The Balaban J connectivity index is 2.42. The fourth-order valence-corrected chi connectivity index (χ4v) is 3.54. The van der Waals surface area contributed by atoms with E-state index in [0.29, 0.717) is 17.7 Å². The maximum Gasteiger partial charge on any atom is 0.408 e. The number of anilines is 1. The maximum atomic E-state index is 13.7. The summed E-state index contributed by atoms with van der Waals surface area (Å²) in [6.07, 6.45) is 5.39. The molecule has 0 spiro atoms. The van der Waals surface area contributed by atoms with Crippen molar-refractivity contribution in [2.75, 3.05) is 5.32 Å². The van der Waals surface area contributed by atoms with Gasteiger partial charge in [0.2, 0.25) is 0 Å². The van der Waals surface area contributed by atoms with Gasteiger partial charge in [0, 0.05) is 11.7 Å². The lowest BCUT2D eigenvalue weighted by Crippen LogP contribution is -2.51. The first-order valence-corrected chi connectivity index (χ1v) is 11.6. The number of ether oxygens (including phenoxy) is 1. The summed E-state index contributed by atoms with van der Waals surface area (Å²) in [6.45, 7) is 10.9. The highest BCUT2D eigenvalue weighted by Crippen LogP contribution is 2.25. The van der Waals surface area contributed by atoms with Crippen LogP contribution >= 0.6 is 0 Å². The highest BCUT2D eigenvalue weighted by molar-refractivity contribution is 6.00. The van der Waals surface area contributed by atoms with Gasteiger partial charge in [-0.2, -0.15) is 0 Å². The highest BCUT2D eigenvalue weighted by atomic mass is 16.6. The van der Waals surface area contributed by atoms with E-state index in [0.717, 1.165) is 10.5 Å². The molecule has 2 N–H and O–H groups in total. The minimum atomic E-state index is -1.11. The van der Waals surface area contributed by atoms with Gasteiger partial charge in [-0.3, -0.25) is 14.5 Å². The number of amides is 3. The van der Waals surface area contributed by atoms with E-state index in [9.17, 15) is 14.4 Å². The van der Waals surface area contributed by atoms with Crippen molar-refractivity contribution in [2.45, 2.75) is 65.6 Å².